The Labute approximate surface area is 113 Å². The SMILES string of the molecule is CC(C)C1CCN(C(=O)c2cc(N)cc(F)c2)CC1. The number of anilines is 1. The molecular formula is C15H21FN2O. The van der Waals surface area contributed by atoms with Crippen LogP contribution in [-0.2, 0) is 0 Å². The summed E-state index contributed by atoms with van der Waals surface area (Å²) in [5, 5.41) is 0. The molecule has 1 aliphatic heterocycles. The normalized spacial score (nSPS) is 16.9. The molecule has 1 amide bonds. The van der Waals surface area contributed by atoms with Crippen molar-refractivity contribution in [3.8, 4) is 0 Å². The van der Waals surface area contributed by atoms with Gasteiger partial charge in [0.25, 0.3) is 5.91 Å². The third-order valence-corrected chi connectivity index (χ3v) is 3.94. The van der Waals surface area contributed by atoms with Gasteiger partial charge >= 0.3 is 0 Å². The van der Waals surface area contributed by atoms with Crippen molar-refractivity contribution in [1.29, 1.82) is 0 Å². The minimum absolute atomic E-state index is 0.117. The van der Waals surface area contributed by atoms with Gasteiger partial charge in [0.15, 0.2) is 0 Å². The second kappa shape index (κ2) is 5.59. The van der Waals surface area contributed by atoms with Crippen LogP contribution in [0.3, 0.4) is 0 Å². The first-order chi connectivity index (χ1) is 8.97. The summed E-state index contributed by atoms with van der Waals surface area (Å²) in [6.45, 7) is 5.93. The molecule has 0 spiro atoms. The number of rotatable bonds is 2. The lowest BCUT2D eigenvalue weighted by molar-refractivity contribution is 0.0667. The van der Waals surface area contributed by atoms with Gasteiger partial charge in [-0.1, -0.05) is 13.8 Å². The fourth-order valence-electron chi connectivity index (χ4n) is 2.69. The summed E-state index contributed by atoms with van der Waals surface area (Å²) in [5.74, 6) is 0.762. The van der Waals surface area contributed by atoms with Gasteiger partial charge in [-0.2, -0.15) is 0 Å². The minimum atomic E-state index is -0.458. The predicted octanol–water partition coefficient (Wildman–Crippen LogP) is 2.92. The number of hydrogen-bond donors (Lipinski definition) is 1. The van der Waals surface area contributed by atoms with E-state index in [1.807, 2.05) is 0 Å². The number of nitrogens with two attached hydrogens (primary N) is 1. The summed E-state index contributed by atoms with van der Waals surface area (Å²) in [7, 11) is 0. The molecule has 2 N–H and O–H groups in total. The van der Waals surface area contributed by atoms with Crippen molar-refractivity contribution >= 4 is 11.6 Å². The van der Waals surface area contributed by atoms with Crippen LogP contribution < -0.4 is 5.73 Å². The molecule has 1 fully saturated rings. The minimum Gasteiger partial charge on any atom is -0.399 e. The maximum Gasteiger partial charge on any atom is 0.254 e. The first-order valence-electron chi connectivity index (χ1n) is 6.82. The molecule has 19 heavy (non-hydrogen) atoms. The molecule has 0 aliphatic carbocycles. The highest BCUT2D eigenvalue weighted by molar-refractivity contribution is 5.95. The summed E-state index contributed by atoms with van der Waals surface area (Å²) < 4.78 is 13.3. The molecule has 0 radical (unpaired) electrons. The highest BCUT2D eigenvalue weighted by atomic mass is 19.1. The third-order valence-electron chi connectivity index (χ3n) is 3.94. The number of amides is 1. The van der Waals surface area contributed by atoms with Crippen LogP contribution in [0.15, 0.2) is 18.2 Å². The second-order valence-electron chi connectivity index (χ2n) is 5.65. The number of hydrogen-bond acceptors (Lipinski definition) is 2. The third kappa shape index (κ3) is 3.25. The van der Waals surface area contributed by atoms with Gasteiger partial charge in [0, 0.05) is 24.3 Å². The Hall–Kier alpha value is -1.58. The molecule has 2 rings (SSSR count). The summed E-state index contributed by atoms with van der Waals surface area (Å²) >= 11 is 0. The summed E-state index contributed by atoms with van der Waals surface area (Å²) in [6, 6.07) is 4.02. The zero-order chi connectivity index (χ0) is 14.0. The Morgan fingerprint density at radius 2 is 1.95 bits per heavy atom. The van der Waals surface area contributed by atoms with E-state index in [0.29, 0.717) is 23.1 Å². The lowest BCUT2D eigenvalue weighted by atomic mass is 9.86. The number of likely N-dealkylation sites (tertiary alicyclic amines) is 1. The van der Waals surface area contributed by atoms with Crippen LogP contribution in [0.4, 0.5) is 10.1 Å². The van der Waals surface area contributed by atoms with Gasteiger partial charge in [-0.3, -0.25) is 4.79 Å². The molecule has 0 bridgehead atoms. The highest BCUT2D eigenvalue weighted by Crippen LogP contribution is 2.25. The smallest absolute Gasteiger partial charge is 0.254 e. The van der Waals surface area contributed by atoms with E-state index in [-0.39, 0.29) is 5.91 Å². The molecule has 1 aliphatic rings. The molecule has 3 nitrogen and oxygen atoms in total. The van der Waals surface area contributed by atoms with E-state index in [1.165, 1.54) is 12.1 Å². The molecule has 0 aromatic heterocycles. The van der Waals surface area contributed by atoms with Gasteiger partial charge in [0.2, 0.25) is 0 Å². The first kappa shape index (κ1) is 13.8. The van der Waals surface area contributed by atoms with Crippen molar-refractivity contribution in [1.82, 2.24) is 4.90 Å². The van der Waals surface area contributed by atoms with Crippen LogP contribution in [-0.4, -0.2) is 23.9 Å². The van der Waals surface area contributed by atoms with Crippen LogP contribution in [0.25, 0.3) is 0 Å². The summed E-state index contributed by atoms with van der Waals surface area (Å²) in [5.41, 5.74) is 6.22. The lowest BCUT2D eigenvalue weighted by Gasteiger charge is -2.34. The monoisotopic (exact) mass is 264 g/mol. The van der Waals surface area contributed by atoms with Crippen LogP contribution in [0, 0.1) is 17.7 Å². The van der Waals surface area contributed by atoms with E-state index in [0.717, 1.165) is 25.9 Å². The molecule has 1 aromatic carbocycles. The van der Waals surface area contributed by atoms with Gasteiger partial charge in [0.1, 0.15) is 5.82 Å². The molecule has 4 heteroatoms. The Morgan fingerprint density at radius 1 is 1.32 bits per heavy atom. The standard InChI is InChI=1S/C15H21FN2O/c1-10(2)11-3-5-18(6-4-11)15(19)12-7-13(16)9-14(17)8-12/h7-11H,3-6,17H2,1-2H3. The van der Waals surface area contributed by atoms with Crippen LogP contribution in [0.1, 0.15) is 37.0 Å². The zero-order valence-corrected chi connectivity index (χ0v) is 11.5. The van der Waals surface area contributed by atoms with E-state index in [1.54, 1.807) is 11.0 Å². The molecule has 0 unspecified atom stereocenters. The van der Waals surface area contributed by atoms with E-state index >= 15 is 0 Å². The van der Waals surface area contributed by atoms with Gasteiger partial charge < -0.3 is 10.6 Å². The van der Waals surface area contributed by atoms with E-state index in [4.69, 9.17) is 5.73 Å². The van der Waals surface area contributed by atoms with E-state index in [2.05, 4.69) is 13.8 Å². The van der Waals surface area contributed by atoms with Gasteiger partial charge in [0.05, 0.1) is 0 Å². The summed E-state index contributed by atoms with van der Waals surface area (Å²) in [4.78, 5) is 14.1. The average molecular weight is 264 g/mol. The van der Waals surface area contributed by atoms with Crippen molar-refractivity contribution in [2.24, 2.45) is 11.8 Å². The van der Waals surface area contributed by atoms with Crippen LogP contribution in [0.2, 0.25) is 0 Å². The average Bonchev–Trinajstić information content (AvgIpc) is 2.37. The highest BCUT2D eigenvalue weighted by Gasteiger charge is 2.25. The quantitative estimate of drug-likeness (QED) is 0.835. The summed E-state index contributed by atoms with van der Waals surface area (Å²) in [6.07, 6.45) is 2.04. The van der Waals surface area contributed by atoms with Crippen molar-refractivity contribution < 1.29 is 9.18 Å². The predicted molar refractivity (Wildman–Crippen MR) is 74.3 cm³/mol. The Kier molecular flexibility index (Phi) is 4.08. The van der Waals surface area contributed by atoms with Crippen molar-refractivity contribution in [3.63, 3.8) is 0 Å². The van der Waals surface area contributed by atoms with Crippen molar-refractivity contribution in [2.45, 2.75) is 26.7 Å². The van der Waals surface area contributed by atoms with E-state index in [9.17, 15) is 9.18 Å². The molecule has 1 heterocycles. The molecule has 0 atom stereocenters. The molecule has 1 aromatic rings. The maximum absolute atomic E-state index is 13.3. The number of piperidine rings is 1. The van der Waals surface area contributed by atoms with Crippen LogP contribution >= 0.6 is 0 Å². The molecule has 0 saturated carbocycles. The maximum atomic E-state index is 13.3. The Balaban J connectivity index is 2.05. The fraction of sp³-hybridized carbons (Fsp3) is 0.533. The number of carbonyl (C=O) groups excluding carboxylic acids is 1. The van der Waals surface area contributed by atoms with Crippen LogP contribution in [0.5, 0.6) is 0 Å². The largest absolute Gasteiger partial charge is 0.399 e. The number of nitrogens with zero attached hydrogens (tertiary/aromatic N) is 1. The van der Waals surface area contributed by atoms with E-state index < -0.39 is 5.82 Å². The topological polar surface area (TPSA) is 46.3 Å². The molecule has 104 valence electrons. The Bertz CT molecular complexity index is 445. The van der Waals surface area contributed by atoms with Gasteiger partial charge in [-0.25, -0.2) is 4.39 Å². The number of benzene rings is 1. The van der Waals surface area contributed by atoms with Gasteiger partial charge in [-0.15, -0.1) is 0 Å². The number of carbonyl (C=O) groups is 1. The van der Waals surface area contributed by atoms with Gasteiger partial charge in [-0.05, 0) is 42.9 Å². The van der Waals surface area contributed by atoms with Crippen molar-refractivity contribution in [3.05, 3.63) is 29.6 Å². The fourth-order valence-corrected chi connectivity index (χ4v) is 2.69. The lowest BCUT2D eigenvalue weighted by Crippen LogP contribution is -2.39. The molecular weight excluding hydrogens is 243 g/mol. The molecule has 1 saturated heterocycles. The number of halogens is 1. The Morgan fingerprint density at radius 3 is 2.47 bits per heavy atom. The van der Waals surface area contributed by atoms with Crippen molar-refractivity contribution in [2.75, 3.05) is 18.8 Å². The zero-order valence-electron chi connectivity index (χ0n) is 11.5. The first-order valence-corrected chi connectivity index (χ1v) is 6.82. The second-order valence-corrected chi connectivity index (χ2v) is 5.65. The number of nitrogen functional groups attached to an aromatic ring is 1.